The Morgan fingerprint density at radius 3 is 2.80 bits per heavy atom. The van der Waals surface area contributed by atoms with Crippen LogP contribution in [0.1, 0.15) is 18.4 Å². The molecule has 8 heteroatoms. The van der Waals surface area contributed by atoms with Crippen LogP contribution in [0.25, 0.3) is 10.9 Å². The van der Waals surface area contributed by atoms with E-state index in [0.717, 1.165) is 23.7 Å². The van der Waals surface area contributed by atoms with Gasteiger partial charge in [-0.3, -0.25) is 9.78 Å². The maximum absolute atomic E-state index is 13.0. The molecule has 5 rings (SSSR count). The Labute approximate surface area is 174 Å². The summed E-state index contributed by atoms with van der Waals surface area (Å²) < 4.78 is 28.8. The van der Waals surface area contributed by atoms with Gasteiger partial charge in [-0.1, -0.05) is 30.3 Å². The summed E-state index contributed by atoms with van der Waals surface area (Å²) in [4.78, 5) is 19.6. The molecule has 0 saturated carbocycles. The smallest absolute Gasteiger partial charge is 0.285 e. The number of likely N-dealkylation sites (tertiary alicyclic amines) is 1. The molecule has 7 nitrogen and oxygen atoms in total. The highest BCUT2D eigenvalue weighted by atomic mass is 32.2. The van der Waals surface area contributed by atoms with Gasteiger partial charge in [0.2, 0.25) is 5.91 Å². The van der Waals surface area contributed by atoms with E-state index in [-0.39, 0.29) is 16.7 Å². The minimum atomic E-state index is -3.68. The van der Waals surface area contributed by atoms with Gasteiger partial charge in [-0.25, -0.2) is 0 Å². The molecule has 2 aliphatic heterocycles. The molecule has 1 fully saturated rings. The summed E-state index contributed by atoms with van der Waals surface area (Å²) in [5.74, 6) is 0.0819. The third-order valence-electron chi connectivity index (χ3n) is 5.59. The van der Waals surface area contributed by atoms with Gasteiger partial charge in [-0.05, 0) is 37.1 Å². The average molecular weight is 420 g/mol. The highest BCUT2D eigenvalue weighted by Gasteiger charge is 2.35. The standard InChI is InChI=1S/C22H20N4O3S/c27-22(24-18-10-3-6-15-7-4-12-23-20(15)18)16-8-5-13-26(14-16)21-17-9-1-2-11-19(17)30(28,29)25-21/h1-4,6-7,9-12,16H,5,8,13-14H2,(H,24,27). The summed E-state index contributed by atoms with van der Waals surface area (Å²) in [5, 5.41) is 3.98. The second-order valence-corrected chi connectivity index (χ2v) is 9.11. The molecule has 1 aromatic heterocycles. The Morgan fingerprint density at radius 1 is 1.07 bits per heavy atom. The van der Waals surface area contributed by atoms with E-state index in [4.69, 9.17) is 0 Å². The number of nitrogens with zero attached hydrogens (tertiary/aromatic N) is 3. The maximum atomic E-state index is 13.0. The lowest BCUT2D eigenvalue weighted by Gasteiger charge is -2.33. The number of amidine groups is 1. The molecule has 0 spiro atoms. The van der Waals surface area contributed by atoms with Crippen LogP contribution in [0.2, 0.25) is 0 Å². The molecule has 2 aromatic carbocycles. The number of nitrogens with one attached hydrogen (secondary N) is 1. The van der Waals surface area contributed by atoms with Crippen molar-refractivity contribution in [3.63, 3.8) is 0 Å². The SMILES string of the molecule is O=C(Nc1cccc2cccnc12)C1CCCN(C2=NS(=O)(=O)c3ccccc32)C1. The number of pyridine rings is 1. The van der Waals surface area contributed by atoms with Gasteiger partial charge in [0, 0.05) is 30.2 Å². The van der Waals surface area contributed by atoms with Gasteiger partial charge >= 0.3 is 0 Å². The lowest BCUT2D eigenvalue weighted by molar-refractivity contribution is -0.121. The highest BCUT2D eigenvalue weighted by molar-refractivity contribution is 7.90. The summed E-state index contributed by atoms with van der Waals surface area (Å²) in [6.07, 6.45) is 3.23. The first-order valence-electron chi connectivity index (χ1n) is 9.87. The van der Waals surface area contributed by atoms with Crippen LogP contribution in [0, 0.1) is 5.92 Å². The van der Waals surface area contributed by atoms with Crippen LogP contribution in [0.5, 0.6) is 0 Å². The monoisotopic (exact) mass is 420 g/mol. The van der Waals surface area contributed by atoms with Crippen LogP contribution < -0.4 is 5.32 Å². The summed E-state index contributed by atoms with van der Waals surface area (Å²) >= 11 is 0. The summed E-state index contributed by atoms with van der Waals surface area (Å²) in [6, 6.07) is 16.3. The lowest BCUT2D eigenvalue weighted by Crippen LogP contribution is -2.43. The van der Waals surface area contributed by atoms with Crippen molar-refractivity contribution in [2.45, 2.75) is 17.7 Å². The summed E-state index contributed by atoms with van der Waals surface area (Å²) in [6.45, 7) is 1.09. The summed E-state index contributed by atoms with van der Waals surface area (Å²) in [5.41, 5.74) is 2.04. The van der Waals surface area contributed by atoms with Crippen molar-refractivity contribution in [1.29, 1.82) is 0 Å². The minimum absolute atomic E-state index is 0.0902. The fraction of sp³-hybridized carbons (Fsp3) is 0.227. The van der Waals surface area contributed by atoms with E-state index in [1.165, 1.54) is 0 Å². The zero-order chi connectivity index (χ0) is 20.7. The zero-order valence-corrected chi connectivity index (χ0v) is 17.0. The van der Waals surface area contributed by atoms with Crippen LogP contribution in [0.15, 0.2) is 70.1 Å². The topological polar surface area (TPSA) is 91.7 Å². The second-order valence-electron chi connectivity index (χ2n) is 7.54. The van der Waals surface area contributed by atoms with E-state index in [2.05, 4.69) is 14.7 Å². The highest BCUT2D eigenvalue weighted by Crippen LogP contribution is 2.30. The number of amides is 1. The van der Waals surface area contributed by atoms with Gasteiger partial charge in [0.05, 0.1) is 17.1 Å². The number of para-hydroxylation sites is 1. The van der Waals surface area contributed by atoms with E-state index in [1.807, 2.05) is 35.2 Å². The van der Waals surface area contributed by atoms with Crippen molar-refractivity contribution in [3.05, 3.63) is 66.4 Å². The van der Waals surface area contributed by atoms with Gasteiger partial charge in [0.15, 0.2) is 5.84 Å². The quantitative estimate of drug-likeness (QED) is 0.688. The Hall–Kier alpha value is -3.26. The Kier molecular flexibility index (Phi) is 4.51. The molecule has 3 aromatic rings. The molecular weight excluding hydrogens is 400 g/mol. The number of benzene rings is 2. The fourth-order valence-electron chi connectivity index (χ4n) is 4.14. The normalized spacial score (nSPS) is 19.9. The van der Waals surface area contributed by atoms with Crippen molar-refractivity contribution >= 4 is 38.4 Å². The van der Waals surface area contributed by atoms with E-state index in [9.17, 15) is 13.2 Å². The van der Waals surface area contributed by atoms with Gasteiger partial charge in [-0.2, -0.15) is 8.42 Å². The first-order chi connectivity index (χ1) is 14.5. The third kappa shape index (κ3) is 3.23. The molecule has 0 radical (unpaired) electrons. The molecule has 1 saturated heterocycles. The molecule has 1 N–H and O–H groups in total. The number of hydrogen-bond acceptors (Lipinski definition) is 5. The number of fused-ring (bicyclic) bond motifs is 2. The van der Waals surface area contributed by atoms with Crippen molar-refractivity contribution in [3.8, 4) is 0 Å². The van der Waals surface area contributed by atoms with Gasteiger partial charge in [-0.15, -0.1) is 4.40 Å². The Morgan fingerprint density at radius 2 is 1.90 bits per heavy atom. The predicted molar refractivity (Wildman–Crippen MR) is 115 cm³/mol. The third-order valence-corrected chi connectivity index (χ3v) is 6.92. The molecular formula is C22H20N4O3S. The maximum Gasteiger partial charge on any atom is 0.285 e. The first-order valence-corrected chi connectivity index (χ1v) is 11.3. The number of aromatic nitrogens is 1. The zero-order valence-electron chi connectivity index (χ0n) is 16.2. The number of hydrogen-bond donors (Lipinski definition) is 1. The minimum Gasteiger partial charge on any atom is -0.355 e. The van der Waals surface area contributed by atoms with Gasteiger partial charge in [0.1, 0.15) is 4.90 Å². The number of carbonyl (C=O) groups is 1. The molecule has 1 amide bonds. The van der Waals surface area contributed by atoms with Gasteiger partial charge < -0.3 is 10.2 Å². The Bertz CT molecular complexity index is 1280. The molecule has 2 aliphatic rings. The predicted octanol–water partition coefficient (Wildman–Crippen LogP) is 3.03. The average Bonchev–Trinajstić information content (AvgIpc) is 3.05. The van der Waals surface area contributed by atoms with Crippen molar-refractivity contribution in [2.75, 3.05) is 18.4 Å². The van der Waals surface area contributed by atoms with Crippen molar-refractivity contribution in [2.24, 2.45) is 10.3 Å². The molecule has 0 aliphatic carbocycles. The van der Waals surface area contributed by atoms with E-state index >= 15 is 0 Å². The molecule has 1 atom stereocenters. The number of piperidine rings is 1. The van der Waals surface area contributed by atoms with Crippen LogP contribution >= 0.6 is 0 Å². The molecule has 152 valence electrons. The summed E-state index contributed by atoms with van der Waals surface area (Å²) in [7, 11) is -3.68. The van der Waals surface area contributed by atoms with E-state index in [0.29, 0.717) is 30.2 Å². The van der Waals surface area contributed by atoms with Crippen molar-refractivity contribution in [1.82, 2.24) is 9.88 Å². The lowest BCUT2D eigenvalue weighted by atomic mass is 9.96. The molecule has 3 heterocycles. The van der Waals surface area contributed by atoms with E-state index in [1.54, 1.807) is 30.5 Å². The second kappa shape index (κ2) is 7.21. The largest absolute Gasteiger partial charge is 0.355 e. The molecule has 1 unspecified atom stereocenters. The van der Waals surface area contributed by atoms with Crippen LogP contribution in [0.3, 0.4) is 0 Å². The number of sulfonamides is 1. The Balaban J connectivity index is 1.38. The number of rotatable bonds is 2. The number of carbonyl (C=O) groups excluding carboxylic acids is 1. The fourth-order valence-corrected chi connectivity index (χ4v) is 5.37. The van der Waals surface area contributed by atoms with Crippen molar-refractivity contribution < 1.29 is 13.2 Å². The molecule has 30 heavy (non-hydrogen) atoms. The number of anilines is 1. The van der Waals surface area contributed by atoms with Crippen LogP contribution in [-0.4, -0.2) is 43.1 Å². The molecule has 0 bridgehead atoms. The van der Waals surface area contributed by atoms with Crippen LogP contribution in [-0.2, 0) is 14.8 Å². The van der Waals surface area contributed by atoms with Crippen LogP contribution in [0.4, 0.5) is 5.69 Å². The van der Waals surface area contributed by atoms with E-state index < -0.39 is 10.0 Å². The van der Waals surface area contributed by atoms with Gasteiger partial charge in [0.25, 0.3) is 10.0 Å². The first kappa shape index (κ1) is 18.7.